The number of nitrogens with two attached hydrogens (primary N) is 1. The molecule has 1 saturated heterocycles. The zero-order valence-corrected chi connectivity index (χ0v) is 13.5. The van der Waals surface area contributed by atoms with Crippen LogP contribution in [0.15, 0.2) is 17.0 Å². The van der Waals surface area contributed by atoms with Gasteiger partial charge in [-0.1, -0.05) is 6.92 Å². The Morgan fingerprint density at radius 1 is 1.25 bits per heavy atom. The van der Waals surface area contributed by atoms with Crippen LogP contribution in [0.4, 0.5) is 5.69 Å². The van der Waals surface area contributed by atoms with E-state index in [1.54, 1.807) is 16.4 Å². The van der Waals surface area contributed by atoms with E-state index in [4.69, 9.17) is 5.73 Å². The van der Waals surface area contributed by atoms with Crippen molar-refractivity contribution in [2.24, 2.45) is 0 Å². The topological polar surface area (TPSA) is 63.4 Å². The van der Waals surface area contributed by atoms with Crippen molar-refractivity contribution in [3.8, 4) is 0 Å². The molecule has 112 valence electrons. The third-order valence-corrected chi connectivity index (χ3v) is 6.49. The van der Waals surface area contributed by atoms with Gasteiger partial charge < -0.3 is 5.73 Å². The summed E-state index contributed by atoms with van der Waals surface area (Å²) < 4.78 is 27.5. The van der Waals surface area contributed by atoms with E-state index in [1.807, 2.05) is 27.7 Å². The molecule has 2 N–H and O–H groups in total. The fourth-order valence-corrected chi connectivity index (χ4v) is 5.15. The number of hydrogen-bond acceptors (Lipinski definition) is 3. The molecule has 2 rings (SSSR count). The predicted molar refractivity (Wildman–Crippen MR) is 82.1 cm³/mol. The van der Waals surface area contributed by atoms with Crippen LogP contribution >= 0.6 is 0 Å². The van der Waals surface area contributed by atoms with Gasteiger partial charge in [-0.15, -0.1) is 0 Å². The van der Waals surface area contributed by atoms with Crippen molar-refractivity contribution < 1.29 is 8.42 Å². The molecule has 20 heavy (non-hydrogen) atoms. The highest BCUT2D eigenvalue weighted by molar-refractivity contribution is 7.89. The summed E-state index contributed by atoms with van der Waals surface area (Å²) in [5.41, 5.74) is 8.29. The van der Waals surface area contributed by atoms with Crippen LogP contribution in [0.3, 0.4) is 0 Å². The Hall–Kier alpha value is -1.07. The summed E-state index contributed by atoms with van der Waals surface area (Å²) in [5.74, 6) is 0. The van der Waals surface area contributed by atoms with Crippen LogP contribution in [0.1, 0.15) is 44.2 Å². The zero-order valence-electron chi connectivity index (χ0n) is 12.7. The van der Waals surface area contributed by atoms with E-state index in [2.05, 4.69) is 0 Å². The standard InChI is InChI=1S/C15H24N2O2S/c1-5-13-7-6-12(4)17(13)20(18,19)15-9-11(3)10(2)8-14(15)16/h8-9,12-13H,5-7,16H2,1-4H3. The van der Waals surface area contributed by atoms with Gasteiger partial charge in [-0.2, -0.15) is 4.31 Å². The Labute approximate surface area is 122 Å². The molecular weight excluding hydrogens is 272 g/mol. The number of nitrogens with zero attached hydrogens (tertiary/aromatic N) is 1. The van der Waals surface area contributed by atoms with Gasteiger partial charge in [-0.05, 0) is 63.3 Å². The van der Waals surface area contributed by atoms with Crippen LogP contribution in [0.5, 0.6) is 0 Å². The molecule has 1 aromatic carbocycles. The first kappa shape index (κ1) is 15.3. The fraction of sp³-hybridized carbons (Fsp3) is 0.600. The van der Waals surface area contributed by atoms with Crippen LogP contribution in [-0.2, 0) is 10.0 Å². The average molecular weight is 296 g/mol. The van der Waals surface area contributed by atoms with E-state index in [1.165, 1.54) is 0 Å². The molecule has 0 aromatic heterocycles. The number of benzene rings is 1. The maximum Gasteiger partial charge on any atom is 0.245 e. The van der Waals surface area contributed by atoms with Gasteiger partial charge in [0.2, 0.25) is 10.0 Å². The van der Waals surface area contributed by atoms with Crippen molar-refractivity contribution in [3.63, 3.8) is 0 Å². The largest absolute Gasteiger partial charge is 0.398 e. The summed E-state index contributed by atoms with van der Waals surface area (Å²) in [6.07, 6.45) is 2.69. The summed E-state index contributed by atoms with van der Waals surface area (Å²) in [6, 6.07) is 3.60. The maximum atomic E-state index is 12.9. The van der Waals surface area contributed by atoms with Crippen LogP contribution in [0, 0.1) is 13.8 Å². The Bertz CT molecular complexity index is 611. The first-order chi connectivity index (χ1) is 9.28. The molecule has 0 spiro atoms. The summed E-state index contributed by atoms with van der Waals surface area (Å²) in [5, 5.41) is 0. The molecule has 1 aliphatic heterocycles. The number of nitrogen functional groups attached to an aromatic ring is 1. The Morgan fingerprint density at radius 2 is 1.85 bits per heavy atom. The minimum absolute atomic E-state index is 0.0472. The molecule has 5 heteroatoms. The van der Waals surface area contributed by atoms with Crippen molar-refractivity contribution in [1.82, 2.24) is 4.31 Å². The lowest BCUT2D eigenvalue weighted by Crippen LogP contribution is -2.39. The van der Waals surface area contributed by atoms with Crippen LogP contribution in [-0.4, -0.2) is 24.8 Å². The minimum atomic E-state index is -3.51. The van der Waals surface area contributed by atoms with E-state index in [9.17, 15) is 8.42 Å². The molecule has 2 unspecified atom stereocenters. The van der Waals surface area contributed by atoms with Crippen molar-refractivity contribution in [1.29, 1.82) is 0 Å². The second-order valence-electron chi connectivity index (χ2n) is 5.80. The first-order valence-corrected chi connectivity index (χ1v) is 8.63. The SMILES string of the molecule is CCC1CCC(C)N1S(=O)(=O)c1cc(C)c(C)cc1N. The van der Waals surface area contributed by atoms with Gasteiger partial charge in [0.25, 0.3) is 0 Å². The Kier molecular flexibility index (Phi) is 4.12. The number of anilines is 1. The van der Waals surface area contributed by atoms with Gasteiger partial charge >= 0.3 is 0 Å². The van der Waals surface area contributed by atoms with Crippen molar-refractivity contribution in [3.05, 3.63) is 23.3 Å². The molecule has 1 aromatic rings. The van der Waals surface area contributed by atoms with Gasteiger partial charge in [0.15, 0.2) is 0 Å². The summed E-state index contributed by atoms with van der Waals surface area (Å²) >= 11 is 0. The zero-order chi connectivity index (χ0) is 15.1. The molecule has 4 nitrogen and oxygen atoms in total. The highest BCUT2D eigenvalue weighted by atomic mass is 32.2. The first-order valence-electron chi connectivity index (χ1n) is 7.19. The lowest BCUT2D eigenvalue weighted by atomic mass is 10.1. The second kappa shape index (κ2) is 5.37. The highest BCUT2D eigenvalue weighted by Crippen LogP contribution is 2.35. The predicted octanol–water partition coefficient (Wildman–Crippen LogP) is 2.84. The van der Waals surface area contributed by atoms with E-state index in [0.29, 0.717) is 5.69 Å². The molecule has 0 saturated carbocycles. The maximum absolute atomic E-state index is 12.9. The smallest absolute Gasteiger partial charge is 0.245 e. The summed E-state index contributed by atoms with van der Waals surface area (Å²) in [6.45, 7) is 7.87. The van der Waals surface area contributed by atoms with Gasteiger partial charge in [0.05, 0.1) is 5.69 Å². The third kappa shape index (κ3) is 2.44. The Balaban J connectivity index is 2.53. The normalized spacial score (nSPS) is 24.2. The van der Waals surface area contributed by atoms with Gasteiger partial charge in [0.1, 0.15) is 4.90 Å². The van der Waals surface area contributed by atoms with Crippen molar-refractivity contribution in [2.45, 2.75) is 63.9 Å². The van der Waals surface area contributed by atoms with Gasteiger partial charge in [-0.25, -0.2) is 8.42 Å². The molecular formula is C15H24N2O2S. The van der Waals surface area contributed by atoms with Gasteiger partial charge in [-0.3, -0.25) is 0 Å². The second-order valence-corrected chi connectivity index (χ2v) is 7.61. The summed E-state index contributed by atoms with van der Waals surface area (Å²) in [7, 11) is -3.51. The lowest BCUT2D eigenvalue weighted by molar-refractivity contribution is 0.329. The monoisotopic (exact) mass is 296 g/mol. The molecule has 0 radical (unpaired) electrons. The quantitative estimate of drug-likeness (QED) is 0.872. The molecule has 0 bridgehead atoms. The van der Waals surface area contributed by atoms with E-state index < -0.39 is 10.0 Å². The van der Waals surface area contributed by atoms with Gasteiger partial charge in [0, 0.05) is 12.1 Å². The van der Waals surface area contributed by atoms with E-state index >= 15 is 0 Å². The summed E-state index contributed by atoms with van der Waals surface area (Å²) in [4.78, 5) is 0.257. The van der Waals surface area contributed by atoms with E-state index in [-0.39, 0.29) is 17.0 Å². The number of rotatable bonds is 3. The Morgan fingerprint density at radius 3 is 2.45 bits per heavy atom. The van der Waals surface area contributed by atoms with Crippen LogP contribution in [0.25, 0.3) is 0 Å². The molecule has 0 aliphatic carbocycles. The number of sulfonamides is 1. The highest BCUT2D eigenvalue weighted by Gasteiger charge is 2.39. The molecule has 1 aliphatic rings. The van der Waals surface area contributed by atoms with E-state index in [0.717, 1.165) is 30.4 Å². The molecule has 1 heterocycles. The molecule has 1 fully saturated rings. The molecule has 0 amide bonds. The average Bonchev–Trinajstić information content (AvgIpc) is 2.75. The van der Waals surface area contributed by atoms with Crippen molar-refractivity contribution >= 4 is 15.7 Å². The van der Waals surface area contributed by atoms with Crippen molar-refractivity contribution in [2.75, 3.05) is 5.73 Å². The third-order valence-electron chi connectivity index (χ3n) is 4.36. The van der Waals surface area contributed by atoms with Crippen LogP contribution in [0.2, 0.25) is 0 Å². The number of aryl methyl sites for hydroxylation is 2. The lowest BCUT2D eigenvalue weighted by Gasteiger charge is -2.27. The number of hydrogen-bond donors (Lipinski definition) is 1. The minimum Gasteiger partial charge on any atom is -0.398 e. The fourth-order valence-electron chi connectivity index (χ4n) is 3.01. The van der Waals surface area contributed by atoms with Crippen LogP contribution < -0.4 is 5.73 Å². The molecule has 2 atom stereocenters.